The molecular weight excluding hydrogens is 304 g/mol. The average Bonchev–Trinajstić information content (AvgIpc) is 3.15. The molecule has 0 radical (unpaired) electrons. The zero-order valence-electron chi connectivity index (χ0n) is 14.4. The smallest absolute Gasteiger partial charge is 0.308 e. The van der Waals surface area contributed by atoms with E-state index >= 15 is 0 Å². The first-order chi connectivity index (χ1) is 11.5. The van der Waals surface area contributed by atoms with E-state index in [4.69, 9.17) is 0 Å². The highest BCUT2D eigenvalue weighted by Gasteiger charge is 2.38. The molecule has 0 saturated carbocycles. The molecule has 0 spiro atoms. The summed E-state index contributed by atoms with van der Waals surface area (Å²) < 4.78 is 1.90. The Bertz CT molecular complexity index is 708. The predicted octanol–water partition coefficient (Wildman–Crippen LogP) is 2.47. The molecule has 3 rings (SSSR count). The summed E-state index contributed by atoms with van der Waals surface area (Å²) in [5.41, 5.74) is 2.28. The molecule has 1 N–H and O–H groups in total. The predicted molar refractivity (Wildman–Crippen MR) is 90.7 cm³/mol. The molecule has 0 bridgehead atoms. The third kappa shape index (κ3) is 3.33. The fourth-order valence-corrected chi connectivity index (χ4v) is 3.43. The fourth-order valence-electron chi connectivity index (χ4n) is 3.43. The Balaban J connectivity index is 1.78. The van der Waals surface area contributed by atoms with Crippen LogP contribution in [0.15, 0.2) is 30.6 Å². The van der Waals surface area contributed by atoms with E-state index in [-0.39, 0.29) is 17.9 Å². The van der Waals surface area contributed by atoms with Gasteiger partial charge in [0.25, 0.3) is 0 Å². The normalized spacial score (nSPS) is 21.5. The fraction of sp³-hybridized carbons (Fsp3) is 0.500. The number of aliphatic carboxylic acids is 1. The van der Waals surface area contributed by atoms with Gasteiger partial charge in [0.2, 0.25) is 0 Å². The second kappa shape index (κ2) is 6.73. The van der Waals surface area contributed by atoms with Crippen LogP contribution in [0.3, 0.4) is 0 Å². The Hall–Kier alpha value is -2.21. The summed E-state index contributed by atoms with van der Waals surface area (Å²) >= 11 is 0. The van der Waals surface area contributed by atoms with E-state index < -0.39 is 5.97 Å². The quantitative estimate of drug-likeness (QED) is 0.913. The number of carboxylic acids is 1. The van der Waals surface area contributed by atoms with Crippen molar-refractivity contribution < 1.29 is 9.90 Å². The van der Waals surface area contributed by atoms with E-state index in [1.54, 1.807) is 6.33 Å². The molecule has 1 saturated heterocycles. The number of hydrogen-bond donors (Lipinski definition) is 1. The van der Waals surface area contributed by atoms with Crippen molar-refractivity contribution in [3.63, 3.8) is 0 Å². The molecule has 2 heterocycles. The Kier molecular flexibility index (Phi) is 4.66. The van der Waals surface area contributed by atoms with Gasteiger partial charge in [-0.3, -0.25) is 9.69 Å². The molecule has 1 aliphatic rings. The lowest BCUT2D eigenvalue weighted by molar-refractivity contribution is -0.141. The molecule has 128 valence electrons. The van der Waals surface area contributed by atoms with Gasteiger partial charge in [0.15, 0.2) is 0 Å². The highest BCUT2D eigenvalue weighted by Crippen LogP contribution is 2.33. The number of carboxylic acid groups (broad SMARTS) is 1. The minimum atomic E-state index is -0.728. The molecule has 24 heavy (non-hydrogen) atoms. The van der Waals surface area contributed by atoms with Crippen molar-refractivity contribution in [2.24, 2.45) is 5.92 Å². The molecule has 1 aliphatic heterocycles. The number of hydrogen-bond acceptors (Lipinski definition) is 4. The highest BCUT2D eigenvalue weighted by atomic mass is 16.4. The SMILES string of the molecule is Cc1ccc([C@H]2CN(Cc3ncnn3C(C)C)C[C@@H]2C(=O)O)cc1. The van der Waals surface area contributed by atoms with Crippen LogP contribution in [-0.4, -0.2) is 43.8 Å². The van der Waals surface area contributed by atoms with Crippen LogP contribution in [0.1, 0.15) is 42.8 Å². The lowest BCUT2D eigenvalue weighted by atomic mass is 9.89. The van der Waals surface area contributed by atoms with Gasteiger partial charge in [-0.05, 0) is 26.3 Å². The second-order valence-corrected chi connectivity index (χ2v) is 6.87. The summed E-state index contributed by atoms with van der Waals surface area (Å²) in [6, 6.07) is 8.44. The standard InChI is InChI=1S/C18H24N4O2/c1-12(2)22-17(19-11-20-22)10-21-8-15(16(9-21)18(23)24)14-6-4-13(3)5-7-14/h4-7,11-12,15-16H,8-10H2,1-3H3,(H,23,24)/t15-,16+/m1/s1. The Labute approximate surface area is 142 Å². The van der Waals surface area contributed by atoms with Crippen LogP contribution < -0.4 is 0 Å². The molecule has 0 amide bonds. The van der Waals surface area contributed by atoms with Gasteiger partial charge in [-0.15, -0.1) is 0 Å². The van der Waals surface area contributed by atoms with Gasteiger partial charge in [-0.25, -0.2) is 9.67 Å². The number of aryl methyl sites for hydroxylation is 1. The van der Waals surface area contributed by atoms with E-state index in [2.05, 4.69) is 41.0 Å². The van der Waals surface area contributed by atoms with Crippen LogP contribution in [0.25, 0.3) is 0 Å². The zero-order chi connectivity index (χ0) is 17.3. The Morgan fingerprint density at radius 3 is 2.62 bits per heavy atom. The van der Waals surface area contributed by atoms with Crippen LogP contribution in [0.4, 0.5) is 0 Å². The lowest BCUT2D eigenvalue weighted by Gasteiger charge is -2.17. The van der Waals surface area contributed by atoms with E-state index in [0.29, 0.717) is 13.1 Å². The third-order valence-corrected chi connectivity index (χ3v) is 4.72. The molecule has 2 atom stereocenters. The first-order valence-electron chi connectivity index (χ1n) is 8.36. The average molecular weight is 328 g/mol. The third-order valence-electron chi connectivity index (χ3n) is 4.72. The van der Waals surface area contributed by atoms with E-state index in [9.17, 15) is 9.90 Å². The van der Waals surface area contributed by atoms with Gasteiger partial charge in [0.05, 0.1) is 12.5 Å². The first-order valence-corrected chi connectivity index (χ1v) is 8.36. The summed E-state index contributed by atoms with van der Waals surface area (Å²) in [6.45, 7) is 8.07. The maximum atomic E-state index is 11.7. The molecular formula is C18H24N4O2. The molecule has 6 nitrogen and oxygen atoms in total. The van der Waals surface area contributed by atoms with Crippen LogP contribution >= 0.6 is 0 Å². The minimum Gasteiger partial charge on any atom is -0.481 e. The van der Waals surface area contributed by atoms with Crippen molar-refractivity contribution in [2.45, 2.75) is 39.3 Å². The number of carbonyl (C=O) groups is 1. The van der Waals surface area contributed by atoms with Crippen molar-refractivity contribution in [1.29, 1.82) is 0 Å². The summed E-state index contributed by atoms with van der Waals surface area (Å²) in [4.78, 5) is 18.2. The lowest BCUT2D eigenvalue weighted by Crippen LogP contribution is -2.25. The second-order valence-electron chi connectivity index (χ2n) is 6.87. The van der Waals surface area contributed by atoms with Gasteiger partial charge >= 0.3 is 5.97 Å². The number of aromatic nitrogens is 3. The maximum Gasteiger partial charge on any atom is 0.308 e. The molecule has 1 aromatic heterocycles. The van der Waals surface area contributed by atoms with Gasteiger partial charge in [0, 0.05) is 25.0 Å². The summed E-state index contributed by atoms with van der Waals surface area (Å²) in [5.74, 6) is -0.214. The Morgan fingerprint density at radius 1 is 1.29 bits per heavy atom. The van der Waals surface area contributed by atoms with Crippen molar-refractivity contribution in [1.82, 2.24) is 19.7 Å². The van der Waals surface area contributed by atoms with Gasteiger partial charge in [0.1, 0.15) is 12.2 Å². The van der Waals surface area contributed by atoms with Crippen molar-refractivity contribution in [3.8, 4) is 0 Å². The van der Waals surface area contributed by atoms with E-state index in [1.807, 2.05) is 23.7 Å². The Morgan fingerprint density at radius 2 is 2.00 bits per heavy atom. The largest absolute Gasteiger partial charge is 0.481 e. The zero-order valence-corrected chi connectivity index (χ0v) is 14.4. The monoisotopic (exact) mass is 328 g/mol. The van der Waals surface area contributed by atoms with Gasteiger partial charge in [-0.2, -0.15) is 5.10 Å². The number of benzene rings is 1. The van der Waals surface area contributed by atoms with Gasteiger partial charge in [-0.1, -0.05) is 29.8 Å². The van der Waals surface area contributed by atoms with Crippen molar-refractivity contribution in [3.05, 3.63) is 47.5 Å². The summed E-state index contributed by atoms with van der Waals surface area (Å²) in [7, 11) is 0. The summed E-state index contributed by atoms with van der Waals surface area (Å²) in [5, 5.41) is 13.9. The van der Waals surface area contributed by atoms with Crippen molar-refractivity contribution >= 4 is 5.97 Å². The van der Waals surface area contributed by atoms with Crippen LogP contribution in [0, 0.1) is 12.8 Å². The van der Waals surface area contributed by atoms with Gasteiger partial charge < -0.3 is 5.11 Å². The van der Waals surface area contributed by atoms with E-state index in [1.165, 1.54) is 5.56 Å². The molecule has 1 fully saturated rings. The molecule has 6 heteroatoms. The number of likely N-dealkylation sites (tertiary alicyclic amines) is 1. The number of nitrogens with zero attached hydrogens (tertiary/aromatic N) is 4. The van der Waals surface area contributed by atoms with Crippen LogP contribution in [0.2, 0.25) is 0 Å². The minimum absolute atomic E-state index is 0.0125. The van der Waals surface area contributed by atoms with E-state index in [0.717, 1.165) is 17.9 Å². The van der Waals surface area contributed by atoms with Crippen molar-refractivity contribution in [2.75, 3.05) is 13.1 Å². The topological polar surface area (TPSA) is 71.2 Å². The summed E-state index contributed by atoms with van der Waals surface area (Å²) in [6.07, 6.45) is 1.57. The molecule has 0 aliphatic carbocycles. The van der Waals surface area contributed by atoms with Crippen LogP contribution in [0.5, 0.6) is 0 Å². The number of rotatable bonds is 5. The van der Waals surface area contributed by atoms with Crippen LogP contribution in [-0.2, 0) is 11.3 Å². The first kappa shape index (κ1) is 16.6. The highest BCUT2D eigenvalue weighted by molar-refractivity contribution is 5.72. The maximum absolute atomic E-state index is 11.7. The molecule has 1 aromatic carbocycles. The molecule has 0 unspecified atom stereocenters. The molecule has 2 aromatic rings.